The van der Waals surface area contributed by atoms with Gasteiger partial charge in [-0.3, -0.25) is 9.80 Å². The first-order chi connectivity index (χ1) is 9.01. The van der Waals surface area contributed by atoms with Crippen molar-refractivity contribution in [2.45, 2.75) is 24.4 Å². The van der Waals surface area contributed by atoms with Crippen molar-refractivity contribution in [3.05, 3.63) is 34.6 Å². The lowest BCUT2D eigenvalue weighted by Crippen LogP contribution is -2.38. The van der Waals surface area contributed by atoms with Gasteiger partial charge in [-0.25, -0.2) is 14.2 Å². The molecule has 1 saturated carbocycles. The number of amides is 1. The number of rotatable bonds is 2. The van der Waals surface area contributed by atoms with Crippen molar-refractivity contribution < 1.29 is 13.6 Å². The summed E-state index contributed by atoms with van der Waals surface area (Å²) in [7, 11) is 0. The third-order valence-corrected chi connectivity index (χ3v) is 3.31. The molecular formula is C10H10F2N6O. The minimum absolute atomic E-state index is 0.151. The normalized spacial score (nSPS) is 34.8. The number of carbonyl (C=O) groups is 1. The van der Waals surface area contributed by atoms with Crippen molar-refractivity contribution in [2.24, 2.45) is 11.0 Å². The average molecular weight is 268 g/mol. The number of hydrazine groups is 1. The van der Waals surface area contributed by atoms with Gasteiger partial charge in [0.15, 0.2) is 0 Å². The number of azide groups is 1. The van der Waals surface area contributed by atoms with Gasteiger partial charge in [-0.15, -0.1) is 0 Å². The molecule has 19 heavy (non-hydrogen) atoms. The molecule has 0 aromatic heterocycles. The van der Waals surface area contributed by atoms with Gasteiger partial charge in [0.2, 0.25) is 5.91 Å². The molecule has 0 spiro atoms. The third kappa shape index (κ3) is 2.02. The highest BCUT2D eigenvalue weighted by Gasteiger charge is 2.61. The zero-order chi connectivity index (χ0) is 13.6. The van der Waals surface area contributed by atoms with Gasteiger partial charge in [0.25, 0.3) is 5.92 Å². The van der Waals surface area contributed by atoms with Crippen LogP contribution in [0.1, 0.15) is 6.42 Å². The smallest absolute Gasteiger partial charge is 0.253 e. The minimum atomic E-state index is -2.64. The predicted octanol–water partition coefficient (Wildman–Crippen LogP) is 0.994. The van der Waals surface area contributed by atoms with Crippen LogP contribution in [-0.4, -0.2) is 28.9 Å². The lowest BCUT2D eigenvalue weighted by atomic mass is 10.2. The van der Waals surface area contributed by atoms with Crippen LogP contribution < -0.4 is 10.7 Å². The van der Waals surface area contributed by atoms with Crippen molar-refractivity contribution in [3.63, 3.8) is 0 Å². The fourth-order valence-electron chi connectivity index (χ4n) is 2.17. The van der Waals surface area contributed by atoms with E-state index in [0.717, 1.165) is 0 Å². The first-order valence-corrected chi connectivity index (χ1v) is 5.70. The Balaban J connectivity index is 1.77. The van der Waals surface area contributed by atoms with Gasteiger partial charge in [0.05, 0.1) is 6.04 Å². The van der Waals surface area contributed by atoms with E-state index >= 15 is 0 Å². The van der Waals surface area contributed by atoms with E-state index in [0.29, 0.717) is 5.82 Å². The summed E-state index contributed by atoms with van der Waals surface area (Å²) in [5.41, 5.74) is 11.2. The number of alkyl halides is 2. The molecular weight excluding hydrogens is 258 g/mol. The lowest BCUT2D eigenvalue weighted by molar-refractivity contribution is -0.120. The van der Waals surface area contributed by atoms with Crippen LogP contribution in [0.4, 0.5) is 8.78 Å². The summed E-state index contributed by atoms with van der Waals surface area (Å²) < 4.78 is 26.0. The first-order valence-electron chi connectivity index (χ1n) is 5.70. The zero-order valence-corrected chi connectivity index (χ0v) is 9.62. The summed E-state index contributed by atoms with van der Waals surface area (Å²) >= 11 is 0. The molecule has 0 aromatic carbocycles. The van der Waals surface area contributed by atoms with Crippen molar-refractivity contribution in [1.29, 1.82) is 0 Å². The maximum absolute atomic E-state index is 13.0. The minimum Gasteiger partial charge on any atom is -0.311 e. The summed E-state index contributed by atoms with van der Waals surface area (Å²) in [6.45, 7) is 0. The molecule has 100 valence electrons. The Bertz CT molecular complexity index is 538. The molecule has 2 aliphatic heterocycles. The number of halogens is 2. The number of fused-ring (bicyclic) bond motifs is 1. The predicted molar refractivity (Wildman–Crippen MR) is 60.1 cm³/mol. The maximum atomic E-state index is 13.0. The number of nitrogens with one attached hydrogen (secondary N) is 2. The average Bonchev–Trinajstić information content (AvgIpc) is 2.85. The zero-order valence-electron chi connectivity index (χ0n) is 9.62. The summed E-state index contributed by atoms with van der Waals surface area (Å²) in [5.74, 6) is -3.50. The molecule has 2 N–H and O–H groups in total. The highest BCUT2D eigenvalue weighted by molar-refractivity contribution is 5.85. The van der Waals surface area contributed by atoms with Gasteiger partial charge in [-0.05, 0) is 17.7 Å². The van der Waals surface area contributed by atoms with Gasteiger partial charge in [0, 0.05) is 23.5 Å². The van der Waals surface area contributed by atoms with Gasteiger partial charge in [-0.2, -0.15) is 0 Å². The van der Waals surface area contributed by atoms with Crippen LogP contribution in [0.3, 0.4) is 0 Å². The maximum Gasteiger partial charge on any atom is 0.253 e. The molecule has 0 radical (unpaired) electrons. The van der Waals surface area contributed by atoms with Crippen LogP contribution in [0.5, 0.6) is 0 Å². The quantitative estimate of drug-likeness (QED) is 0.444. The highest BCUT2D eigenvalue weighted by atomic mass is 19.3. The molecule has 9 heteroatoms. The second kappa shape index (κ2) is 3.94. The summed E-state index contributed by atoms with van der Waals surface area (Å²) in [6, 6.07) is -1.45. The Kier molecular flexibility index (Phi) is 2.48. The summed E-state index contributed by atoms with van der Waals surface area (Å²) in [6.07, 6.45) is 4.29. The Labute approximate surface area is 106 Å². The molecule has 1 amide bonds. The van der Waals surface area contributed by atoms with Crippen LogP contribution in [-0.2, 0) is 4.79 Å². The molecule has 2 heterocycles. The number of hydrogen-bond acceptors (Lipinski definition) is 4. The Morgan fingerprint density at radius 3 is 2.95 bits per heavy atom. The van der Waals surface area contributed by atoms with Gasteiger partial charge in [0.1, 0.15) is 11.9 Å². The second-order valence-electron chi connectivity index (χ2n) is 4.63. The molecule has 3 aliphatic rings. The van der Waals surface area contributed by atoms with Crippen molar-refractivity contribution in [1.82, 2.24) is 15.8 Å². The van der Waals surface area contributed by atoms with Crippen LogP contribution in [0.2, 0.25) is 0 Å². The SMILES string of the molecule is [N-]=[N+]=NC1C=CN2NC(C3CC3(F)F)C=C2NC1=O. The van der Waals surface area contributed by atoms with E-state index in [-0.39, 0.29) is 6.42 Å². The molecule has 3 rings (SSSR count). The van der Waals surface area contributed by atoms with Crippen LogP contribution in [0.15, 0.2) is 29.3 Å². The van der Waals surface area contributed by atoms with Crippen LogP contribution >= 0.6 is 0 Å². The Morgan fingerprint density at radius 2 is 2.32 bits per heavy atom. The monoisotopic (exact) mass is 268 g/mol. The van der Waals surface area contributed by atoms with Gasteiger partial charge in [-0.1, -0.05) is 5.11 Å². The number of hydrogen-bond donors (Lipinski definition) is 2. The fraction of sp³-hybridized carbons (Fsp3) is 0.500. The van der Waals surface area contributed by atoms with Crippen LogP contribution in [0.25, 0.3) is 10.4 Å². The molecule has 7 nitrogen and oxygen atoms in total. The topological polar surface area (TPSA) is 93.1 Å². The highest BCUT2D eigenvalue weighted by Crippen LogP contribution is 2.51. The van der Waals surface area contributed by atoms with E-state index < -0.39 is 29.8 Å². The Hall–Kier alpha value is -2.12. The first kappa shape index (κ1) is 11.9. The van der Waals surface area contributed by atoms with Crippen molar-refractivity contribution in [2.75, 3.05) is 0 Å². The molecule has 3 unspecified atom stereocenters. The van der Waals surface area contributed by atoms with E-state index in [2.05, 4.69) is 20.8 Å². The van der Waals surface area contributed by atoms with Gasteiger partial charge < -0.3 is 5.32 Å². The number of nitrogens with zero attached hydrogens (tertiary/aromatic N) is 4. The van der Waals surface area contributed by atoms with E-state index in [1.807, 2.05) is 0 Å². The Morgan fingerprint density at radius 1 is 1.58 bits per heavy atom. The van der Waals surface area contributed by atoms with Crippen molar-refractivity contribution in [3.8, 4) is 0 Å². The van der Waals surface area contributed by atoms with E-state index in [1.165, 1.54) is 17.3 Å². The van der Waals surface area contributed by atoms with E-state index in [4.69, 9.17) is 5.53 Å². The molecule has 1 fully saturated rings. The molecule has 1 aliphatic carbocycles. The summed E-state index contributed by atoms with van der Waals surface area (Å²) in [4.78, 5) is 14.3. The number of carbonyl (C=O) groups excluding carboxylic acids is 1. The molecule has 3 atom stereocenters. The standard InChI is InChI=1S/C10H10F2N6O/c11-10(12)4-5(10)7-3-8-14-9(19)6(15-17-13)1-2-18(8)16-7/h1-3,5-7,16H,4H2,(H,14,19). The largest absolute Gasteiger partial charge is 0.311 e. The van der Waals surface area contributed by atoms with Crippen molar-refractivity contribution >= 4 is 5.91 Å². The van der Waals surface area contributed by atoms with E-state index in [9.17, 15) is 13.6 Å². The third-order valence-electron chi connectivity index (χ3n) is 3.31. The fourth-order valence-corrected chi connectivity index (χ4v) is 2.17. The molecule has 0 bridgehead atoms. The molecule has 0 aromatic rings. The molecule has 0 saturated heterocycles. The van der Waals surface area contributed by atoms with Gasteiger partial charge >= 0.3 is 0 Å². The van der Waals surface area contributed by atoms with Crippen LogP contribution in [0, 0.1) is 5.92 Å². The second-order valence-corrected chi connectivity index (χ2v) is 4.63. The summed E-state index contributed by atoms with van der Waals surface area (Å²) in [5, 5.41) is 7.30. The van der Waals surface area contributed by atoms with E-state index in [1.54, 1.807) is 6.08 Å². The lowest BCUT2D eigenvalue weighted by Gasteiger charge is -2.18.